The first-order chi connectivity index (χ1) is 8.04. The molecule has 0 saturated carbocycles. The van der Waals surface area contributed by atoms with Crippen LogP contribution in [0.15, 0.2) is 24.3 Å². The van der Waals surface area contributed by atoms with Crippen LogP contribution in [-0.2, 0) is 0 Å². The topological polar surface area (TPSA) is 52.9 Å². The number of rotatable bonds is 4. The highest BCUT2D eigenvalue weighted by molar-refractivity contribution is 6.22. The number of nitrogens with one attached hydrogen (secondary N) is 1. The van der Waals surface area contributed by atoms with Gasteiger partial charge in [-0.2, -0.15) is 5.26 Å². The molecule has 1 amide bonds. The van der Waals surface area contributed by atoms with Crippen molar-refractivity contribution < 1.29 is 4.79 Å². The van der Waals surface area contributed by atoms with E-state index < -0.39 is 5.54 Å². The molecule has 17 heavy (non-hydrogen) atoms. The summed E-state index contributed by atoms with van der Waals surface area (Å²) in [5.41, 5.74) is 0.359. The highest BCUT2D eigenvalue weighted by Crippen LogP contribution is 2.11. The molecule has 0 aromatic heterocycles. The van der Waals surface area contributed by atoms with E-state index in [9.17, 15) is 4.79 Å². The molecule has 0 saturated heterocycles. The van der Waals surface area contributed by atoms with Crippen LogP contribution in [0, 0.1) is 11.3 Å². The van der Waals surface area contributed by atoms with E-state index >= 15 is 0 Å². The van der Waals surface area contributed by atoms with Crippen LogP contribution in [0.2, 0.25) is 0 Å². The Hall–Kier alpha value is -1.24. The summed E-state index contributed by atoms with van der Waals surface area (Å²) in [4.78, 5) is 11.9. The summed E-state index contributed by atoms with van der Waals surface area (Å²) in [5, 5.41) is 11.4. The monoisotopic (exact) mass is 270 g/mol. The maximum Gasteiger partial charge on any atom is 0.251 e. The van der Waals surface area contributed by atoms with Crippen molar-refractivity contribution in [2.24, 2.45) is 0 Å². The van der Waals surface area contributed by atoms with Crippen molar-refractivity contribution in [2.75, 3.05) is 11.8 Å². The Labute approximate surface area is 110 Å². The van der Waals surface area contributed by atoms with Gasteiger partial charge < -0.3 is 5.32 Å². The summed E-state index contributed by atoms with van der Waals surface area (Å²) in [5.74, 6) is 0.218. The van der Waals surface area contributed by atoms with Gasteiger partial charge in [-0.05, 0) is 31.2 Å². The first-order valence-corrected chi connectivity index (χ1v) is 6.06. The van der Waals surface area contributed by atoms with Crippen molar-refractivity contribution >= 4 is 29.1 Å². The molecule has 0 spiro atoms. The molecule has 1 N–H and O–H groups in total. The van der Waals surface area contributed by atoms with Crippen LogP contribution in [0.25, 0.3) is 0 Å². The molecular weight excluding hydrogens is 259 g/mol. The Balaban J connectivity index is 2.80. The van der Waals surface area contributed by atoms with Crippen LogP contribution < -0.4 is 5.32 Å². The van der Waals surface area contributed by atoms with Crippen molar-refractivity contribution in [3.05, 3.63) is 35.4 Å². The lowest BCUT2D eigenvalue weighted by Crippen LogP contribution is -2.49. The van der Waals surface area contributed by atoms with Crippen LogP contribution in [0.4, 0.5) is 0 Å². The average Bonchev–Trinajstić information content (AvgIpc) is 2.38. The van der Waals surface area contributed by atoms with Gasteiger partial charge in [0.2, 0.25) is 0 Å². The van der Waals surface area contributed by atoms with E-state index in [-0.39, 0.29) is 17.7 Å². The van der Waals surface area contributed by atoms with E-state index in [2.05, 4.69) is 5.32 Å². The van der Waals surface area contributed by atoms with Gasteiger partial charge in [0, 0.05) is 17.3 Å². The molecule has 1 aromatic carbocycles. The summed E-state index contributed by atoms with van der Waals surface area (Å²) >= 11 is 11.5. The number of benzene rings is 1. The minimum absolute atomic E-state index is 0.235. The average molecular weight is 271 g/mol. The minimum atomic E-state index is -0.631. The molecule has 0 aliphatic heterocycles. The van der Waals surface area contributed by atoms with Crippen LogP contribution in [0.1, 0.15) is 22.8 Å². The van der Waals surface area contributed by atoms with Gasteiger partial charge >= 0.3 is 0 Å². The SMILES string of the molecule is CC(CCl)(CCl)NC(=O)c1ccc(C#N)cc1. The Morgan fingerprint density at radius 2 is 1.88 bits per heavy atom. The molecule has 0 heterocycles. The number of hydrogen-bond acceptors (Lipinski definition) is 2. The quantitative estimate of drug-likeness (QED) is 0.855. The third kappa shape index (κ3) is 3.62. The summed E-state index contributed by atoms with van der Waals surface area (Å²) < 4.78 is 0. The van der Waals surface area contributed by atoms with Gasteiger partial charge in [0.05, 0.1) is 17.2 Å². The van der Waals surface area contributed by atoms with Gasteiger partial charge in [-0.15, -0.1) is 23.2 Å². The molecule has 0 radical (unpaired) electrons. The minimum Gasteiger partial charge on any atom is -0.344 e. The van der Waals surface area contributed by atoms with Crippen LogP contribution in [0.3, 0.4) is 0 Å². The number of carbonyl (C=O) groups excluding carboxylic acids is 1. The number of carbonyl (C=O) groups is 1. The standard InChI is InChI=1S/C12H12Cl2N2O/c1-12(7-13,8-14)16-11(17)10-4-2-9(6-15)3-5-10/h2-5H,7-8H2,1H3,(H,16,17). The highest BCUT2D eigenvalue weighted by Gasteiger charge is 2.24. The molecule has 1 aromatic rings. The second kappa shape index (κ2) is 5.90. The van der Waals surface area contributed by atoms with Crippen molar-refractivity contribution in [1.82, 2.24) is 5.32 Å². The van der Waals surface area contributed by atoms with Gasteiger partial charge in [0.15, 0.2) is 0 Å². The fourth-order valence-electron chi connectivity index (χ4n) is 1.14. The number of nitriles is 1. The highest BCUT2D eigenvalue weighted by atomic mass is 35.5. The lowest BCUT2D eigenvalue weighted by Gasteiger charge is -2.25. The van der Waals surface area contributed by atoms with E-state index in [0.29, 0.717) is 11.1 Å². The molecule has 0 aliphatic carbocycles. The fourth-order valence-corrected chi connectivity index (χ4v) is 1.56. The van der Waals surface area contributed by atoms with Crippen LogP contribution >= 0.6 is 23.2 Å². The van der Waals surface area contributed by atoms with E-state index in [1.807, 2.05) is 6.07 Å². The summed E-state index contributed by atoms with van der Waals surface area (Å²) in [7, 11) is 0. The summed E-state index contributed by atoms with van der Waals surface area (Å²) in [6, 6.07) is 8.36. The smallest absolute Gasteiger partial charge is 0.251 e. The summed E-state index contributed by atoms with van der Waals surface area (Å²) in [6.45, 7) is 1.77. The van der Waals surface area contributed by atoms with Gasteiger partial charge in [-0.25, -0.2) is 0 Å². The number of nitrogens with zero attached hydrogens (tertiary/aromatic N) is 1. The Morgan fingerprint density at radius 1 is 1.35 bits per heavy atom. The first kappa shape index (κ1) is 13.8. The molecule has 3 nitrogen and oxygen atoms in total. The predicted octanol–water partition coefficient (Wildman–Crippen LogP) is 2.52. The summed E-state index contributed by atoms with van der Waals surface area (Å²) in [6.07, 6.45) is 0. The van der Waals surface area contributed by atoms with E-state index in [1.165, 1.54) is 0 Å². The molecule has 0 atom stereocenters. The molecule has 5 heteroatoms. The Morgan fingerprint density at radius 3 is 2.29 bits per heavy atom. The van der Waals surface area contributed by atoms with Crippen LogP contribution in [0.5, 0.6) is 0 Å². The van der Waals surface area contributed by atoms with Gasteiger partial charge in [0.25, 0.3) is 5.91 Å². The van der Waals surface area contributed by atoms with Crippen molar-refractivity contribution in [3.8, 4) is 6.07 Å². The van der Waals surface area contributed by atoms with Gasteiger partial charge in [-0.1, -0.05) is 0 Å². The number of alkyl halides is 2. The van der Waals surface area contributed by atoms with Crippen molar-refractivity contribution in [1.29, 1.82) is 5.26 Å². The largest absolute Gasteiger partial charge is 0.344 e. The maximum atomic E-state index is 11.9. The zero-order valence-electron chi connectivity index (χ0n) is 9.34. The zero-order valence-corrected chi connectivity index (χ0v) is 10.8. The Bertz CT molecular complexity index is 433. The molecule has 1 rings (SSSR count). The molecule has 90 valence electrons. The van der Waals surface area contributed by atoms with Gasteiger partial charge in [-0.3, -0.25) is 4.79 Å². The van der Waals surface area contributed by atoms with Crippen molar-refractivity contribution in [3.63, 3.8) is 0 Å². The number of amides is 1. The normalized spacial score (nSPS) is 10.7. The van der Waals surface area contributed by atoms with Crippen LogP contribution in [-0.4, -0.2) is 23.2 Å². The second-order valence-corrected chi connectivity index (χ2v) is 4.51. The van der Waals surface area contributed by atoms with E-state index in [4.69, 9.17) is 28.5 Å². The fraction of sp³-hybridized carbons (Fsp3) is 0.333. The molecule has 0 unspecified atom stereocenters. The molecular formula is C12H12Cl2N2O. The molecule has 0 aliphatic rings. The van der Waals surface area contributed by atoms with E-state index in [1.54, 1.807) is 31.2 Å². The Kier molecular flexibility index (Phi) is 4.80. The first-order valence-electron chi connectivity index (χ1n) is 4.99. The zero-order chi connectivity index (χ0) is 12.9. The third-order valence-corrected chi connectivity index (χ3v) is 3.46. The molecule has 0 bridgehead atoms. The second-order valence-electron chi connectivity index (χ2n) is 3.97. The predicted molar refractivity (Wildman–Crippen MR) is 68.5 cm³/mol. The van der Waals surface area contributed by atoms with Gasteiger partial charge in [0.1, 0.15) is 0 Å². The number of hydrogen-bond donors (Lipinski definition) is 1. The number of halogens is 2. The van der Waals surface area contributed by atoms with Crippen molar-refractivity contribution in [2.45, 2.75) is 12.5 Å². The maximum absolute atomic E-state index is 11.9. The van der Waals surface area contributed by atoms with E-state index in [0.717, 1.165) is 0 Å². The lowest BCUT2D eigenvalue weighted by molar-refractivity contribution is 0.0921. The molecule has 0 fully saturated rings. The lowest BCUT2D eigenvalue weighted by atomic mass is 10.1. The third-order valence-electron chi connectivity index (χ3n) is 2.28.